The molecule has 0 aliphatic rings. The van der Waals surface area contributed by atoms with Gasteiger partial charge in [0.1, 0.15) is 5.82 Å². The van der Waals surface area contributed by atoms with Crippen molar-refractivity contribution < 1.29 is 13.9 Å². The number of halogens is 1. The first kappa shape index (κ1) is 12.3. The van der Waals surface area contributed by atoms with Crippen LogP contribution in [0, 0.1) is 5.82 Å². The van der Waals surface area contributed by atoms with Gasteiger partial charge in [-0.2, -0.15) is 0 Å². The molecule has 0 aliphatic carbocycles. The Morgan fingerprint density at radius 3 is 3.10 bits per heavy atom. The summed E-state index contributed by atoms with van der Waals surface area (Å²) in [4.78, 5) is 14.8. The molecule has 3 rings (SSSR count). The standard InChI is InChI=1S/C12H10FN5O2/c1-7(19)20-6-18-16-12(15-17-18)9-2-3-10(13)8-4-5-14-11(8)9/h2-5,14H,6H2,1H3. The molecule has 0 amide bonds. The minimum atomic E-state index is -0.433. The second kappa shape index (κ2) is 4.72. The number of rotatable bonds is 3. The third-order valence-corrected chi connectivity index (χ3v) is 2.75. The van der Waals surface area contributed by atoms with E-state index in [1.807, 2.05) is 0 Å². The maximum absolute atomic E-state index is 13.6. The number of H-pyrrole nitrogens is 1. The zero-order chi connectivity index (χ0) is 14.1. The molecule has 7 nitrogen and oxygen atoms in total. The van der Waals surface area contributed by atoms with Crippen molar-refractivity contribution in [2.45, 2.75) is 13.7 Å². The number of nitrogens with one attached hydrogen (secondary N) is 1. The van der Waals surface area contributed by atoms with Crippen molar-refractivity contribution in [1.29, 1.82) is 0 Å². The van der Waals surface area contributed by atoms with Crippen molar-refractivity contribution in [3.63, 3.8) is 0 Å². The summed E-state index contributed by atoms with van der Waals surface area (Å²) in [7, 11) is 0. The maximum atomic E-state index is 13.6. The highest BCUT2D eigenvalue weighted by Gasteiger charge is 2.13. The van der Waals surface area contributed by atoms with Gasteiger partial charge in [-0.05, 0) is 23.4 Å². The minimum Gasteiger partial charge on any atom is -0.441 e. The van der Waals surface area contributed by atoms with Crippen LogP contribution < -0.4 is 0 Å². The SMILES string of the molecule is CC(=O)OCn1nnc(-c2ccc(F)c3cc[nH]c23)n1. The Hall–Kier alpha value is -2.77. The van der Waals surface area contributed by atoms with Crippen LogP contribution in [0.5, 0.6) is 0 Å². The molecule has 2 heterocycles. The lowest BCUT2D eigenvalue weighted by atomic mass is 10.1. The van der Waals surface area contributed by atoms with Crippen LogP contribution in [0.1, 0.15) is 6.92 Å². The molecule has 0 atom stereocenters. The van der Waals surface area contributed by atoms with Gasteiger partial charge in [0.15, 0.2) is 0 Å². The van der Waals surface area contributed by atoms with Crippen molar-refractivity contribution in [3.8, 4) is 11.4 Å². The Morgan fingerprint density at radius 1 is 1.45 bits per heavy atom. The lowest BCUT2D eigenvalue weighted by Gasteiger charge is -2.00. The Morgan fingerprint density at radius 2 is 2.30 bits per heavy atom. The number of aromatic amines is 1. The second-order valence-electron chi connectivity index (χ2n) is 4.11. The summed E-state index contributed by atoms with van der Waals surface area (Å²) in [5, 5.41) is 12.2. The first-order valence-electron chi connectivity index (χ1n) is 5.82. The highest BCUT2D eigenvalue weighted by molar-refractivity contribution is 5.92. The Kier molecular flexibility index (Phi) is 2.90. The zero-order valence-electron chi connectivity index (χ0n) is 10.5. The predicted molar refractivity (Wildman–Crippen MR) is 66.8 cm³/mol. The van der Waals surface area contributed by atoms with Gasteiger partial charge in [-0.1, -0.05) is 0 Å². The molecule has 0 saturated carbocycles. The molecule has 2 aromatic heterocycles. The van der Waals surface area contributed by atoms with E-state index >= 15 is 0 Å². The summed E-state index contributed by atoms with van der Waals surface area (Å²) >= 11 is 0. The topological polar surface area (TPSA) is 85.7 Å². The average molecular weight is 275 g/mol. The average Bonchev–Trinajstić information content (AvgIpc) is 3.06. The highest BCUT2D eigenvalue weighted by atomic mass is 19.1. The molecule has 0 saturated heterocycles. The van der Waals surface area contributed by atoms with E-state index in [0.717, 1.165) is 4.80 Å². The monoisotopic (exact) mass is 275 g/mol. The molecule has 0 unspecified atom stereocenters. The fourth-order valence-corrected chi connectivity index (χ4v) is 1.86. The van der Waals surface area contributed by atoms with Crippen LogP contribution in [0.25, 0.3) is 22.3 Å². The van der Waals surface area contributed by atoms with Gasteiger partial charge >= 0.3 is 5.97 Å². The van der Waals surface area contributed by atoms with E-state index in [1.165, 1.54) is 13.0 Å². The molecule has 102 valence electrons. The summed E-state index contributed by atoms with van der Waals surface area (Å²) in [5.41, 5.74) is 1.22. The summed E-state index contributed by atoms with van der Waals surface area (Å²) in [6.07, 6.45) is 1.64. The third kappa shape index (κ3) is 2.11. The lowest BCUT2D eigenvalue weighted by molar-refractivity contribution is -0.145. The van der Waals surface area contributed by atoms with Gasteiger partial charge in [-0.25, -0.2) is 4.39 Å². The van der Waals surface area contributed by atoms with Gasteiger partial charge in [0, 0.05) is 24.1 Å². The van der Waals surface area contributed by atoms with Gasteiger partial charge in [0.2, 0.25) is 12.6 Å². The molecule has 1 aromatic carbocycles. The van der Waals surface area contributed by atoms with Crippen LogP contribution in [0.2, 0.25) is 0 Å². The van der Waals surface area contributed by atoms with E-state index in [1.54, 1.807) is 18.3 Å². The van der Waals surface area contributed by atoms with E-state index in [-0.39, 0.29) is 12.5 Å². The van der Waals surface area contributed by atoms with Crippen molar-refractivity contribution >= 4 is 16.9 Å². The van der Waals surface area contributed by atoms with Crippen molar-refractivity contribution in [2.75, 3.05) is 0 Å². The second-order valence-corrected chi connectivity index (χ2v) is 4.11. The van der Waals surface area contributed by atoms with Crippen molar-refractivity contribution in [3.05, 3.63) is 30.2 Å². The number of esters is 1. The fraction of sp³-hybridized carbons (Fsp3) is 0.167. The first-order valence-corrected chi connectivity index (χ1v) is 5.82. The van der Waals surface area contributed by atoms with Crippen LogP contribution in [-0.2, 0) is 16.3 Å². The number of carbonyl (C=O) groups excluding carboxylic acids is 1. The van der Waals surface area contributed by atoms with Gasteiger partial charge in [0.25, 0.3) is 0 Å². The molecule has 1 N–H and O–H groups in total. The third-order valence-electron chi connectivity index (χ3n) is 2.75. The van der Waals surface area contributed by atoms with Gasteiger partial charge in [0.05, 0.1) is 5.52 Å². The normalized spacial score (nSPS) is 10.9. The molecular formula is C12H10FN5O2. The first-order chi connectivity index (χ1) is 9.65. The molecule has 0 fully saturated rings. The number of tetrazole rings is 1. The van der Waals surface area contributed by atoms with E-state index < -0.39 is 5.97 Å². The highest BCUT2D eigenvalue weighted by Crippen LogP contribution is 2.26. The van der Waals surface area contributed by atoms with E-state index in [4.69, 9.17) is 4.74 Å². The van der Waals surface area contributed by atoms with Crippen LogP contribution in [0.15, 0.2) is 24.4 Å². The Bertz CT molecular complexity index is 779. The largest absolute Gasteiger partial charge is 0.441 e. The number of hydrogen-bond acceptors (Lipinski definition) is 5. The molecule has 0 bridgehead atoms. The number of carbonyl (C=O) groups is 1. The molecule has 0 spiro atoms. The molecule has 0 radical (unpaired) electrons. The minimum absolute atomic E-state index is 0.114. The van der Waals surface area contributed by atoms with Crippen LogP contribution in [-0.4, -0.2) is 31.2 Å². The van der Waals surface area contributed by atoms with E-state index in [9.17, 15) is 9.18 Å². The molecule has 0 aliphatic heterocycles. The van der Waals surface area contributed by atoms with E-state index in [0.29, 0.717) is 22.3 Å². The number of aromatic nitrogens is 5. The summed E-state index contributed by atoms with van der Waals surface area (Å²) < 4.78 is 18.4. The quantitative estimate of drug-likeness (QED) is 0.732. The summed E-state index contributed by atoms with van der Waals surface area (Å²) in [5.74, 6) is -0.431. The summed E-state index contributed by atoms with van der Waals surface area (Å²) in [6.45, 7) is 1.18. The number of hydrogen-bond donors (Lipinski definition) is 1. The lowest BCUT2D eigenvalue weighted by Crippen LogP contribution is -2.09. The molecule has 3 aromatic rings. The van der Waals surface area contributed by atoms with Gasteiger partial charge < -0.3 is 9.72 Å². The van der Waals surface area contributed by atoms with Crippen LogP contribution >= 0.6 is 0 Å². The zero-order valence-corrected chi connectivity index (χ0v) is 10.5. The van der Waals surface area contributed by atoms with Crippen molar-refractivity contribution in [1.82, 2.24) is 25.2 Å². The van der Waals surface area contributed by atoms with Gasteiger partial charge in [-0.3, -0.25) is 4.79 Å². The predicted octanol–water partition coefficient (Wildman–Crippen LogP) is 1.48. The Balaban J connectivity index is 1.97. The number of fused-ring (bicyclic) bond motifs is 1. The summed E-state index contributed by atoms with van der Waals surface area (Å²) in [6, 6.07) is 4.55. The Labute approximate surface area is 112 Å². The van der Waals surface area contributed by atoms with Crippen LogP contribution in [0.3, 0.4) is 0 Å². The number of ether oxygens (including phenoxy) is 1. The maximum Gasteiger partial charge on any atom is 0.304 e. The fourth-order valence-electron chi connectivity index (χ4n) is 1.86. The molecule has 8 heteroatoms. The van der Waals surface area contributed by atoms with Gasteiger partial charge in [-0.15, -0.1) is 15.0 Å². The van der Waals surface area contributed by atoms with Crippen LogP contribution in [0.4, 0.5) is 4.39 Å². The molecular weight excluding hydrogens is 265 g/mol. The number of benzene rings is 1. The smallest absolute Gasteiger partial charge is 0.304 e. The van der Waals surface area contributed by atoms with Crippen molar-refractivity contribution in [2.24, 2.45) is 0 Å². The number of nitrogens with zero attached hydrogens (tertiary/aromatic N) is 4. The molecule has 20 heavy (non-hydrogen) atoms. The van der Waals surface area contributed by atoms with E-state index in [2.05, 4.69) is 20.4 Å².